The van der Waals surface area contributed by atoms with E-state index in [1.165, 1.54) is 32.1 Å². The van der Waals surface area contributed by atoms with E-state index in [2.05, 4.69) is 0 Å². The normalized spacial score (nSPS) is 17.6. The number of alkyl halides is 1. The first-order valence-corrected chi connectivity index (χ1v) is 7.59. The van der Waals surface area contributed by atoms with Gasteiger partial charge in [-0.3, -0.25) is 0 Å². The van der Waals surface area contributed by atoms with Crippen LogP contribution >= 0.6 is 11.6 Å². The zero-order valence-corrected chi connectivity index (χ0v) is 13.2. The maximum atomic E-state index is 6.72. The van der Waals surface area contributed by atoms with Gasteiger partial charge in [-0.15, -0.1) is 11.6 Å². The zero-order chi connectivity index (χ0) is 14.5. The van der Waals surface area contributed by atoms with Crippen molar-refractivity contribution in [3.05, 3.63) is 17.7 Å². The molecule has 0 heterocycles. The number of ether oxygens (including phenoxy) is 3. The summed E-state index contributed by atoms with van der Waals surface area (Å²) in [7, 11) is 4.88. The molecule has 0 spiro atoms. The second kappa shape index (κ2) is 7.07. The van der Waals surface area contributed by atoms with Crippen LogP contribution in [0.15, 0.2) is 12.1 Å². The van der Waals surface area contributed by atoms with Crippen molar-refractivity contribution in [1.82, 2.24) is 0 Å². The Morgan fingerprint density at radius 2 is 1.60 bits per heavy atom. The quantitative estimate of drug-likeness (QED) is 0.745. The molecule has 1 aliphatic carbocycles. The van der Waals surface area contributed by atoms with Gasteiger partial charge >= 0.3 is 0 Å². The van der Waals surface area contributed by atoms with E-state index in [-0.39, 0.29) is 5.38 Å². The fourth-order valence-corrected chi connectivity index (χ4v) is 3.45. The SMILES string of the molecule is COc1ccc(C(Cl)C2CCCCC2)c(OC)c1OC. The van der Waals surface area contributed by atoms with Crippen molar-refractivity contribution in [3.63, 3.8) is 0 Å². The summed E-state index contributed by atoms with van der Waals surface area (Å²) < 4.78 is 16.3. The van der Waals surface area contributed by atoms with Crippen LogP contribution in [0.25, 0.3) is 0 Å². The Bertz CT molecular complexity index is 442. The molecule has 0 amide bonds. The summed E-state index contributed by atoms with van der Waals surface area (Å²) in [5.41, 5.74) is 0.999. The van der Waals surface area contributed by atoms with E-state index in [1.54, 1.807) is 21.3 Å². The highest BCUT2D eigenvalue weighted by molar-refractivity contribution is 6.21. The van der Waals surface area contributed by atoms with Gasteiger partial charge in [-0.1, -0.05) is 19.3 Å². The largest absolute Gasteiger partial charge is 0.493 e. The number of hydrogen-bond acceptors (Lipinski definition) is 3. The summed E-state index contributed by atoms with van der Waals surface area (Å²) >= 11 is 6.72. The van der Waals surface area contributed by atoms with E-state index >= 15 is 0 Å². The minimum atomic E-state index is -0.0370. The molecule has 0 aromatic heterocycles. The van der Waals surface area contributed by atoms with E-state index in [0.717, 1.165) is 5.56 Å². The Kier molecular flexibility index (Phi) is 5.41. The lowest BCUT2D eigenvalue weighted by Crippen LogP contribution is -2.13. The monoisotopic (exact) mass is 298 g/mol. The summed E-state index contributed by atoms with van der Waals surface area (Å²) in [6.07, 6.45) is 6.23. The van der Waals surface area contributed by atoms with Crippen molar-refractivity contribution in [3.8, 4) is 17.2 Å². The number of rotatable bonds is 5. The molecule has 0 aliphatic heterocycles. The highest BCUT2D eigenvalue weighted by Crippen LogP contribution is 2.47. The lowest BCUT2D eigenvalue weighted by molar-refractivity contribution is 0.313. The first-order valence-electron chi connectivity index (χ1n) is 7.15. The topological polar surface area (TPSA) is 27.7 Å². The van der Waals surface area contributed by atoms with Gasteiger partial charge in [0.1, 0.15) is 0 Å². The van der Waals surface area contributed by atoms with Crippen molar-refractivity contribution < 1.29 is 14.2 Å². The highest BCUT2D eigenvalue weighted by Gasteiger charge is 2.28. The molecule has 0 bridgehead atoms. The van der Waals surface area contributed by atoms with Crippen molar-refractivity contribution in [2.24, 2.45) is 5.92 Å². The Balaban J connectivity index is 2.34. The van der Waals surface area contributed by atoms with E-state index in [0.29, 0.717) is 23.2 Å². The van der Waals surface area contributed by atoms with Crippen molar-refractivity contribution in [2.75, 3.05) is 21.3 Å². The third-order valence-corrected chi connectivity index (χ3v) is 4.69. The van der Waals surface area contributed by atoms with Crippen LogP contribution in [0.3, 0.4) is 0 Å². The van der Waals surface area contributed by atoms with Gasteiger partial charge in [0.2, 0.25) is 5.75 Å². The molecule has 1 saturated carbocycles. The predicted molar refractivity (Wildman–Crippen MR) is 81.3 cm³/mol. The van der Waals surface area contributed by atoms with Crippen LogP contribution in [-0.4, -0.2) is 21.3 Å². The minimum absolute atomic E-state index is 0.0370. The van der Waals surface area contributed by atoms with Gasteiger partial charge in [0.15, 0.2) is 11.5 Å². The van der Waals surface area contributed by atoms with E-state index in [9.17, 15) is 0 Å². The van der Waals surface area contributed by atoms with Crippen LogP contribution in [-0.2, 0) is 0 Å². The molecule has 1 unspecified atom stereocenters. The van der Waals surface area contributed by atoms with Crippen molar-refractivity contribution >= 4 is 11.6 Å². The van der Waals surface area contributed by atoms with Crippen LogP contribution in [0.1, 0.15) is 43.0 Å². The highest BCUT2D eigenvalue weighted by atomic mass is 35.5. The van der Waals surface area contributed by atoms with Gasteiger partial charge in [-0.2, -0.15) is 0 Å². The van der Waals surface area contributed by atoms with Crippen molar-refractivity contribution in [1.29, 1.82) is 0 Å². The molecular formula is C16H23ClO3. The smallest absolute Gasteiger partial charge is 0.203 e. The molecule has 0 N–H and O–H groups in total. The lowest BCUT2D eigenvalue weighted by atomic mass is 9.84. The van der Waals surface area contributed by atoms with Crippen LogP contribution in [0.5, 0.6) is 17.2 Å². The molecule has 4 heteroatoms. The second-order valence-electron chi connectivity index (χ2n) is 5.22. The molecule has 112 valence electrons. The first kappa shape index (κ1) is 15.3. The molecule has 1 aromatic carbocycles. The minimum Gasteiger partial charge on any atom is -0.493 e. The van der Waals surface area contributed by atoms with Gasteiger partial charge in [0.25, 0.3) is 0 Å². The fourth-order valence-electron chi connectivity index (χ4n) is 3.02. The van der Waals surface area contributed by atoms with Gasteiger partial charge in [0.05, 0.1) is 26.7 Å². The van der Waals surface area contributed by atoms with Crippen LogP contribution in [0.2, 0.25) is 0 Å². The van der Waals surface area contributed by atoms with Gasteiger partial charge in [-0.25, -0.2) is 0 Å². The number of hydrogen-bond donors (Lipinski definition) is 0. The summed E-state index contributed by atoms with van der Waals surface area (Å²) in [6, 6.07) is 3.89. The molecular weight excluding hydrogens is 276 g/mol. The van der Waals surface area contributed by atoms with Crippen LogP contribution in [0.4, 0.5) is 0 Å². The Morgan fingerprint density at radius 1 is 0.950 bits per heavy atom. The van der Waals surface area contributed by atoms with Gasteiger partial charge in [-0.05, 0) is 30.9 Å². The van der Waals surface area contributed by atoms with E-state index in [1.807, 2.05) is 12.1 Å². The fraction of sp³-hybridized carbons (Fsp3) is 0.625. The summed E-state index contributed by atoms with van der Waals surface area (Å²) in [5.74, 6) is 2.49. The molecule has 1 atom stereocenters. The molecule has 3 nitrogen and oxygen atoms in total. The van der Waals surface area contributed by atoms with Crippen molar-refractivity contribution in [2.45, 2.75) is 37.5 Å². The predicted octanol–water partition coefficient (Wildman–Crippen LogP) is 4.57. The Labute approximate surface area is 126 Å². The van der Waals surface area contributed by atoms with E-state index in [4.69, 9.17) is 25.8 Å². The summed E-state index contributed by atoms with van der Waals surface area (Å²) in [4.78, 5) is 0. The Morgan fingerprint density at radius 3 is 2.15 bits per heavy atom. The maximum Gasteiger partial charge on any atom is 0.203 e. The molecule has 20 heavy (non-hydrogen) atoms. The average molecular weight is 299 g/mol. The zero-order valence-electron chi connectivity index (χ0n) is 12.4. The van der Waals surface area contributed by atoms with Crippen LogP contribution in [0, 0.1) is 5.92 Å². The molecule has 0 saturated heterocycles. The van der Waals surface area contributed by atoms with Crippen LogP contribution < -0.4 is 14.2 Å². The molecule has 1 fully saturated rings. The third kappa shape index (κ3) is 2.98. The average Bonchev–Trinajstić information content (AvgIpc) is 2.53. The third-order valence-electron chi connectivity index (χ3n) is 4.10. The van der Waals surface area contributed by atoms with Gasteiger partial charge < -0.3 is 14.2 Å². The standard InChI is InChI=1S/C16H23ClO3/c1-18-13-10-9-12(15(19-2)16(13)20-3)14(17)11-7-5-4-6-8-11/h9-11,14H,4-8H2,1-3H3. The lowest BCUT2D eigenvalue weighted by Gasteiger charge is -2.28. The first-order chi connectivity index (χ1) is 9.72. The van der Waals surface area contributed by atoms with Gasteiger partial charge in [0, 0.05) is 5.56 Å². The number of benzene rings is 1. The molecule has 1 aliphatic rings. The number of methoxy groups -OCH3 is 3. The summed E-state index contributed by atoms with van der Waals surface area (Å²) in [6.45, 7) is 0. The second-order valence-corrected chi connectivity index (χ2v) is 5.69. The maximum absolute atomic E-state index is 6.72. The molecule has 2 rings (SSSR count). The summed E-state index contributed by atoms with van der Waals surface area (Å²) in [5, 5.41) is -0.0370. The van der Waals surface area contributed by atoms with E-state index < -0.39 is 0 Å². The molecule has 0 radical (unpaired) electrons. The molecule has 1 aromatic rings. The number of halogens is 1. The Hall–Kier alpha value is -1.09.